The normalized spacial score (nSPS) is 25.0. The van der Waals surface area contributed by atoms with Crippen molar-refractivity contribution < 1.29 is 28.7 Å². The Kier molecular flexibility index (Phi) is 4.63. The van der Waals surface area contributed by atoms with Gasteiger partial charge in [-0.2, -0.15) is 0 Å². The maximum Gasteiger partial charge on any atom is 0.293 e. The van der Waals surface area contributed by atoms with E-state index in [-0.39, 0.29) is 26.2 Å². The lowest BCUT2D eigenvalue weighted by molar-refractivity contribution is -0.149. The van der Waals surface area contributed by atoms with E-state index in [2.05, 4.69) is 9.47 Å². The van der Waals surface area contributed by atoms with Crippen LogP contribution in [0.25, 0.3) is 0 Å². The zero-order valence-electron chi connectivity index (χ0n) is 8.59. The second kappa shape index (κ2) is 5.99. The fourth-order valence-electron chi connectivity index (χ4n) is 1.70. The molecule has 1 rings (SSSR count). The van der Waals surface area contributed by atoms with E-state index >= 15 is 0 Å². The van der Waals surface area contributed by atoms with Crippen LogP contribution in [-0.2, 0) is 28.7 Å². The Labute approximate surface area is 91.9 Å². The smallest absolute Gasteiger partial charge is 0.293 e. The van der Waals surface area contributed by atoms with Gasteiger partial charge in [0.25, 0.3) is 12.9 Å². The largest absolute Gasteiger partial charge is 0.467 e. The molecule has 0 N–H and O–H groups in total. The van der Waals surface area contributed by atoms with Crippen LogP contribution in [0.15, 0.2) is 0 Å². The van der Waals surface area contributed by atoms with Gasteiger partial charge in [-0.15, -0.1) is 0 Å². The first-order chi connectivity index (χ1) is 7.70. The van der Waals surface area contributed by atoms with Crippen molar-refractivity contribution >= 4 is 24.5 Å². The minimum absolute atomic E-state index is 0.0602. The Morgan fingerprint density at radius 3 is 1.62 bits per heavy atom. The van der Waals surface area contributed by atoms with Gasteiger partial charge >= 0.3 is 0 Å². The summed E-state index contributed by atoms with van der Waals surface area (Å²) in [6, 6.07) is 0. The van der Waals surface area contributed by atoms with Crippen LogP contribution in [0, 0.1) is 11.8 Å². The molecular weight excluding hydrogens is 216 g/mol. The van der Waals surface area contributed by atoms with Crippen molar-refractivity contribution in [2.24, 2.45) is 11.8 Å². The van der Waals surface area contributed by atoms with E-state index in [1.807, 2.05) is 0 Å². The minimum Gasteiger partial charge on any atom is -0.467 e. The summed E-state index contributed by atoms with van der Waals surface area (Å²) in [5.74, 6) is -2.20. The molecule has 0 aromatic heterocycles. The summed E-state index contributed by atoms with van der Waals surface area (Å²) in [6.45, 7) is 0.378. The molecule has 6 nitrogen and oxygen atoms in total. The average molecular weight is 228 g/mol. The summed E-state index contributed by atoms with van der Waals surface area (Å²) < 4.78 is 8.93. The highest BCUT2D eigenvalue weighted by atomic mass is 16.5. The maximum atomic E-state index is 11.5. The van der Waals surface area contributed by atoms with Gasteiger partial charge < -0.3 is 9.47 Å². The molecule has 0 aliphatic heterocycles. The lowest BCUT2D eigenvalue weighted by Gasteiger charge is -2.24. The highest BCUT2D eigenvalue weighted by Gasteiger charge is 2.37. The molecule has 2 unspecified atom stereocenters. The van der Waals surface area contributed by atoms with Crippen molar-refractivity contribution in [1.29, 1.82) is 0 Å². The monoisotopic (exact) mass is 228 g/mol. The molecule has 0 aromatic carbocycles. The fourth-order valence-corrected chi connectivity index (χ4v) is 1.70. The molecule has 0 spiro atoms. The van der Waals surface area contributed by atoms with Crippen LogP contribution in [-0.4, -0.2) is 37.7 Å². The van der Waals surface area contributed by atoms with Crippen molar-refractivity contribution in [2.45, 2.75) is 12.8 Å². The average Bonchev–Trinajstić information content (AvgIpc) is 2.30. The summed E-state index contributed by atoms with van der Waals surface area (Å²) in [6.07, 6.45) is 0.927. The van der Waals surface area contributed by atoms with Crippen molar-refractivity contribution in [3.05, 3.63) is 0 Å². The van der Waals surface area contributed by atoms with Gasteiger partial charge in [0.2, 0.25) is 11.6 Å². The number of hydrogen-bond acceptors (Lipinski definition) is 6. The Morgan fingerprint density at radius 1 is 0.938 bits per heavy atom. The number of rotatable bonds is 6. The van der Waals surface area contributed by atoms with Crippen LogP contribution in [0.1, 0.15) is 12.8 Å². The first-order valence-corrected chi connectivity index (χ1v) is 4.89. The highest BCUT2D eigenvalue weighted by Crippen LogP contribution is 2.23. The summed E-state index contributed by atoms with van der Waals surface area (Å²) in [7, 11) is 0. The van der Waals surface area contributed by atoms with Crippen LogP contribution >= 0.6 is 0 Å². The van der Waals surface area contributed by atoms with Gasteiger partial charge in [0.05, 0.1) is 11.8 Å². The molecule has 1 saturated carbocycles. The predicted octanol–water partition coefficient (Wildman–Crippen LogP) is -0.503. The van der Waals surface area contributed by atoms with Gasteiger partial charge in [-0.1, -0.05) is 0 Å². The van der Waals surface area contributed by atoms with E-state index in [4.69, 9.17) is 0 Å². The van der Waals surface area contributed by atoms with Gasteiger partial charge in [-0.05, 0) is 12.8 Å². The molecule has 2 atom stereocenters. The first-order valence-electron chi connectivity index (χ1n) is 4.89. The topological polar surface area (TPSA) is 86.7 Å². The zero-order chi connectivity index (χ0) is 12.0. The van der Waals surface area contributed by atoms with Crippen LogP contribution in [0.3, 0.4) is 0 Å². The van der Waals surface area contributed by atoms with Crippen LogP contribution in [0.4, 0.5) is 0 Å². The molecule has 1 aliphatic rings. The third kappa shape index (κ3) is 2.88. The van der Waals surface area contributed by atoms with E-state index in [0.29, 0.717) is 12.8 Å². The van der Waals surface area contributed by atoms with Gasteiger partial charge in [0, 0.05) is 0 Å². The summed E-state index contributed by atoms with van der Waals surface area (Å²) >= 11 is 0. The summed E-state index contributed by atoms with van der Waals surface area (Å²) in [4.78, 5) is 43.0. The molecule has 1 fully saturated rings. The zero-order valence-corrected chi connectivity index (χ0v) is 8.59. The standard InChI is InChI=1S/C10H12O6/c11-5-15-3-7-1-2-8(4-16-6-12)10(14)9(7)13/h5-8H,1-4H2. The molecule has 0 bridgehead atoms. The van der Waals surface area contributed by atoms with E-state index in [9.17, 15) is 19.2 Å². The second-order valence-electron chi connectivity index (χ2n) is 3.56. The van der Waals surface area contributed by atoms with Gasteiger partial charge in [0.1, 0.15) is 13.2 Å². The van der Waals surface area contributed by atoms with Gasteiger partial charge in [-0.3, -0.25) is 19.2 Å². The number of ketones is 2. The molecular formula is C10H12O6. The number of carbonyl (C=O) groups is 4. The molecule has 6 heteroatoms. The quantitative estimate of drug-likeness (QED) is 0.450. The molecule has 0 aromatic rings. The van der Waals surface area contributed by atoms with Crippen LogP contribution in [0.2, 0.25) is 0 Å². The summed E-state index contributed by atoms with van der Waals surface area (Å²) in [5, 5.41) is 0. The molecule has 0 heterocycles. The Hall–Kier alpha value is -1.72. The number of Topliss-reactive ketones (excluding diaryl/α,β-unsaturated/α-hetero) is 2. The Bertz CT molecular complexity index is 268. The Balaban J connectivity index is 2.50. The van der Waals surface area contributed by atoms with Gasteiger partial charge in [-0.25, -0.2) is 0 Å². The van der Waals surface area contributed by atoms with Crippen LogP contribution in [0.5, 0.6) is 0 Å². The molecule has 88 valence electrons. The van der Waals surface area contributed by atoms with Gasteiger partial charge in [0.15, 0.2) is 0 Å². The van der Waals surface area contributed by atoms with Crippen molar-refractivity contribution in [3.63, 3.8) is 0 Å². The fraction of sp³-hybridized carbons (Fsp3) is 0.600. The van der Waals surface area contributed by atoms with E-state index in [0.717, 1.165) is 0 Å². The van der Waals surface area contributed by atoms with E-state index < -0.39 is 23.4 Å². The highest BCUT2D eigenvalue weighted by molar-refractivity contribution is 6.39. The molecule has 16 heavy (non-hydrogen) atoms. The number of carbonyl (C=O) groups excluding carboxylic acids is 4. The third-order valence-electron chi connectivity index (χ3n) is 2.58. The SMILES string of the molecule is O=COCC1CCC(COC=O)C(=O)C1=O. The van der Waals surface area contributed by atoms with Crippen molar-refractivity contribution in [3.8, 4) is 0 Å². The molecule has 0 amide bonds. The maximum absolute atomic E-state index is 11.5. The minimum atomic E-state index is -0.551. The number of ether oxygens (including phenoxy) is 2. The molecule has 1 aliphatic carbocycles. The van der Waals surface area contributed by atoms with Crippen LogP contribution < -0.4 is 0 Å². The van der Waals surface area contributed by atoms with E-state index in [1.165, 1.54) is 0 Å². The van der Waals surface area contributed by atoms with Crippen molar-refractivity contribution in [2.75, 3.05) is 13.2 Å². The number of hydrogen-bond donors (Lipinski definition) is 0. The predicted molar refractivity (Wildman–Crippen MR) is 50.3 cm³/mol. The molecule has 0 radical (unpaired) electrons. The summed E-state index contributed by atoms with van der Waals surface area (Å²) in [5.41, 5.74) is 0. The lowest BCUT2D eigenvalue weighted by Crippen LogP contribution is -2.39. The third-order valence-corrected chi connectivity index (χ3v) is 2.58. The first kappa shape index (κ1) is 12.4. The second-order valence-corrected chi connectivity index (χ2v) is 3.56. The lowest BCUT2D eigenvalue weighted by atomic mass is 9.80. The van der Waals surface area contributed by atoms with E-state index in [1.54, 1.807) is 0 Å². The Morgan fingerprint density at radius 2 is 1.31 bits per heavy atom. The molecule has 0 saturated heterocycles. The van der Waals surface area contributed by atoms with Crippen molar-refractivity contribution in [1.82, 2.24) is 0 Å².